The fourth-order valence-corrected chi connectivity index (χ4v) is 3.53. The molecular formula is C32H36O3. The van der Waals surface area contributed by atoms with E-state index >= 15 is 0 Å². The highest BCUT2D eigenvalue weighted by molar-refractivity contribution is 5.83. The summed E-state index contributed by atoms with van der Waals surface area (Å²) in [7, 11) is 0. The molecule has 3 nitrogen and oxygen atoms in total. The fraction of sp³-hybridized carbons (Fsp3) is 0.250. The number of phenols is 1. The van der Waals surface area contributed by atoms with Crippen molar-refractivity contribution < 1.29 is 14.6 Å². The van der Waals surface area contributed by atoms with E-state index in [4.69, 9.17) is 9.47 Å². The smallest absolute Gasteiger partial charge is 0.127 e. The average molecular weight is 469 g/mol. The van der Waals surface area contributed by atoms with Crippen molar-refractivity contribution in [1.82, 2.24) is 0 Å². The second-order valence-electron chi connectivity index (χ2n) is 9.80. The van der Waals surface area contributed by atoms with Crippen LogP contribution >= 0.6 is 0 Å². The molecule has 1 N–H and O–H groups in total. The number of aryl methyl sites for hydroxylation is 1. The first kappa shape index (κ1) is 25.9. The number of ether oxygens (including phenoxy) is 2. The lowest BCUT2D eigenvalue weighted by molar-refractivity contribution is 0.131. The van der Waals surface area contributed by atoms with Gasteiger partial charge in [-0.1, -0.05) is 66.8 Å². The van der Waals surface area contributed by atoms with Crippen molar-refractivity contribution in [1.29, 1.82) is 0 Å². The Kier molecular flexibility index (Phi) is 8.59. The van der Waals surface area contributed by atoms with Crippen LogP contribution in [0, 0.1) is 6.92 Å². The number of rotatable bonds is 8. The van der Waals surface area contributed by atoms with Gasteiger partial charge in [-0.3, -0.25) is 0 Å². The molecule has 3 aromatic rings. The van der Waals surface area contributed by atoms with E-state index in [1.807, 2.05) is 83.2 Å². The summed E-state index contributed by atoms with van der Waals surface area (Å²) >= 11 is 0. The maximum atomic E-state index is 9.61. The zero-order valence-corrected chi connectivity index (χ0v) is 21.6. The normalized spacial score (nSPS) is 12.9. The summed E-state index contributed by atoms with van der Waals surface area (Å²) < 4.78 is 12.3. The van der Waals surface area contributed by atoms with Crippen molar-refractivity contribution in [2.45, 2.75) is 53.2 Å². The third-order valence-corrected chi connectivity index (χ3v) is 5.16. The van der Waals surface area contributed by atoms with Crippen LogP contribution in [0.2, 0.25) is 0 Å². The van der Waals surface area contributed by atoms with Crippen molar-refractivity contribution in [2.75, 3.05) is 0 Å². The van der Waals surface area contributed by atoms with Crippen LogP contribution in [0.3, 0.4) is 0 Å². The standard InChI is InChI=1S/C32H36O3/c1-23(2)34-31(22-13-25-11-17-28(33)18-12-25)30(21-16-26-10-8-7-9-24(26)3)27-14-19-29(20-15-27)35-32(4,5)6/h7-23,33H,1-6H3. The largest absolute Gasteiger partial charge is 0.508 e. The minimum absolute atomic E-state index is 0.000161. The van der Waals surface area contributed by atoms with Gasteiger partial charge < -0.3 is 14.6 Å². The molecule has 0 aliphatic carbocycles. The van der Waals surface area contributed by atoms with Gasteiger partial charge in [0.2, 0.25) is 0 Å². The molecule has 0 unspecified atom stereocenters. The average Bonchev–Trinajstić information content (AvgIpc) is 2.79. The van der Waals surface area contributed by atoms with Gasteiger partial charge in [0, 0.05) is 5.57 Å². The Hall–Kier alpha value is -3.72. The van der Waals surface area contributed by atoms with Crippen LogP contribution in [0.25, 0.3) is 17.7 Å². The first-order valence-electron chi connectivity index (χ1n) is 12.0. The van der Waals surface area contributed by atoms with Gasteiger partial charge >= 0.3 is 0 Å². The molecule has 3 aromatic carbocycles. The summed E-state index contributed by atoms with van der Waals surface area (Å²) in [6.07, 6.45) is 8.22. The monoisotopic (exact) mass is 468 g/mol. The molecule has 182 valence electrons. The molecule has 3 heteroatoms. The van der Waals surface area contributed by atoms with Crippen molar-refractivity contribution in [3.63, 3.8) is 0 Å². The molecule has 0 saturated heterocycles. The molecule has 0 amide bonds. The summed E-state index contributed by atoms with van der Waals surface area (Å²) in [4.78, 5) is 0. The fourth-order valence-electron chi connectivity index (χ4n) is 3.53. The first-order valence-corrected chi connectivity index (χ1v) is 12.0. The van der Waals surface area contributed by atoms with Gasteiger partial charge in [0.25, 0.3) is 0 Å². The summed E-state index contributed by atoms with van der Waals surface area (Å²) in [5.41, 5.74) is 5.08. The Morgan fingerprint density at radius 3 is 2.09 bits per heavy atom. The van der Waals surface area contributed by atoms with Crippen LogP contribution in [0.15, 0.2) is 90.7 Å². The SMILES string of the molecule is Cc1ccccc1C=CC(=C(C=Cc1ccc(O)cc1)OC(C)C)c1ccc(OC(C)(C)C)cc1. The molecule has 0 radical (unpaired) electrons. The minimum Gasteiger partial charge on any atom is -0.508 e. The molecule has 0 aliphatic rings. The van der Waals surface area contributed by atoms with E-state index in [1.54, 1.807) is 12.1 Å². The van der Waals surface area contributed by atoms with Crippen LogP contribution < -0.4 is 4.74 Å². The molecule has 0 aromatic heterocycles. The van der Waals surface area contributed by atoms with E-state index in [0.717, 1.165) is 33.8 Å². The van der Waals surface area contributed by atoms with Crippen LogP contribution in [0.4, 0.5) is 0 Å². The zero-order chi connectivity index (χ0) is 25.4. The van der Waals surface area contributed by atoms with Gasteiger partial charge in [0.05, 0.1) is 6.10 Å². The van der Waals surface area contributed by atoms with Gasteiger partial charge in [0.1, 0.15) is 22.9 Å². The Bertz CT molecular complexity index is 1190. The number of hydrogen-bond donors (Lipinski definition) is 1. The lowest BCUT2D eigenvalue weighted by Gasteiger charge is -2.21. The van der Waals surface area contributed by atoms with Crippen LogP contribution in [0.1, 0.15) is 56.9 Å². The molecule has 0 saturated carbocycles. The predicted molar refractivity (Wildman–Crippen MR) is 147 cm³/mol. The highest BCUT2D eigenvalue weighted by atomic mass is 16.5. The van der Waals surface area contributed by atoms with Crippen LogP contribution in [-0.4, -0.2) is 16.8 Å². The minimum atomic E-state index is -0.260. The quantitative estimate of drug-likeness (QED) is 0.266. The summed E-state index contributed by atoms with van der Waals surface area (Å²) in [6, 6.07) is 23.6. The topological polar surface area (TPSA) is 38.7 Å². The molecule has 0 bridgehead atoms. The van der Waals surface area contributed by atoms with Gasteiger partial charge in [-0.15, -0.1) is 0 Å². The molecule has 0 fully saturated rings. The molecule has 3 rings (SSSR count). The molecule has 0 aliphatic heterocycles. The van der Waals surface area contributed by atoms with Crippen LogP contribution in [0.5, 0.6) is 11.5 Å². The Labute approximate surface area is 210 Å². The van der Waals surface area contributed by atoms with E-state index in [-0.39, 0.29) is 17.5 Å². The van der Waals surface area contributed by atoms with E-state index in [9.17, 15) is 5.11 Å². The number of allylic oxidation sites excluding steroid dienone is 3. The van der Waals surface area contributed by atoms with E-state index in [2.05, 4.69) is 43.3 Å². The highest BCUT2D eigenvalue weighted by Crippen LogP contribution is 2.28. The number of benzene rings is 3. The zero-order valence-electron chi connectivity index (χ0n) is 21.6. The third kappa shape index (κ3) is 8.22. The van der Waals surface area contributed by atoms with Crippen molar-refractivity contribution >= 4 is 17.7 Å². The second kappa shape index (κ2) is 11.6. The summed E-state index contributed by atoms with van der Waals surface area (Å²) in [6.45, 7) is 12.3. The first-order chi connectivity index (χ1) is 16.6. The second-order valence-corrected chi connectivity index (χ2v) is 9.80. The molecule has 0 heterocycles. The van der Waals surface area contributed by atoms with Gasteiger partial charge in [-0.25, -0.2) is 0 Å². The number of phenolic OH excluding ortho intramolecular Hbond substituents is 1. The third-order valence-electron chi connectivity index (χ3n) is 5.16. The number of hydrogen-bond acceptors (Lipinski definition) is 3. The lowest BCUT2D eigenvalue weighted by atomic mass is 10.0. The maximum absolute atomic E-state index is 9.61. The molecule has 0 spiro atoms. The highest BCUT2D eigenvalue weighted by Gasteiger charge is 2.13. The van der Waals surface area contributed by atoms with E-state index < -0.39 is 0 Å². The number of aromatic hydroxyl groups is 1. The van der Waals surface area contributed by atoms with Crippen molar-refractivity contribution in [2.24, 2.45) is 0 Å². The van der Waals surface area contributed by atoms with E-state index in [0.29, 0.717) is 0 Å². The molecule has 0 atom stereocenters. The summed E-state index contributed by atoms with van der Waals surface area (Å²) in [5.74, 6) is 1.84. The van der Waals surface area contributed by atoms with Crippen molar-refractivity contribution in [3.8, 4) is 11.5 Å². The summed E-state index contributed by atoms with van der Waals surface area (Å²) in [5, 5.41) is 9.61. The van der Waals surface area contributed by atoms with Gasteiger partial charge in [0.15, 0.2) is 0 Å². The maximum Gasteiger partial charge on any atom is 0.127 e. The van der Waals surface area contributed by atoms with E-state index in [1.165, 1.54) is 5.56 Å². The Morgan fingerprint density at radius 2 is 1.49 bits per heavy atom. The van der Waals surface area contributed by atoms with Gasteiger partial charge in [-0.2, -0.15) is 0 Å². The Balaban J connectivity index is 2.09. The van der Waals surface area contributed by atoms with Gasteiger partial charge in [-0.05, 0) is 94.1 Å². The molecular weight excluding hydrogens is 432 g/mol. The predicted octanol–water partition coefficient (Wildman–Crippen LogP) is 8.44. The Morgan fingerprint density at radius 1 is 0.829 bits per heavy atom. The van der Waals surface area contributed by atoms with Crippen LogP contribution in [-0.2, 0) is 4.74 Å². The molecule has 35 heavy (non-hydrogen) atoms. The van der Waals surface area contributed by atoms with Crippen molar-refractivity contribution in [3.05, 3.63) is 113 Å². The lowest BCUT2D eigenvalue weighted by Crippen LogP contribution is -2.22.